The van der Waals surface area contributed by atoms with E-state index in [0.29, 0.717) is 11.3 Å². The van der Waals surface area contributed by atoms with Crippen molar-refractivity contribution in [3.8, 4) is 0 Å². The van der Waals surface area contributed by atoms with E-state index in [9.17, 15) is 9.18 Å². The zero-order chi connectivity index (χ0) is 14.1. The maximum atomic E-state index is 13.2. The van der Waals surface area contributed by atoms with Gasteiger partial charge in [-0.1, -0.05) is 6.07 Å². The number of rotatable bonds is 2. The number of nitrogens with one attached hydrogen (secondary N) is 2. The molecule has 0 saturated heterocycles. The second kappa shape index (κ2) is 4.70. The molecule has 0 saturated carbocycles. The molecule has 3 rings (SSSR count). The molecule has 3 aromatic rings. The second-order valence-electron chi connectivity index (χ2n) is 4.47. The van der Waals surface area contributed by atoms with Gasteiger partial charge in [0.05, 0.1) is 11.4 Å². The number of halogens is 1. The first-order valence-electron chi connectivity index (χ1n) is 6.07. The molecule has 1 heterocycles. The first-order valence-corrected chi connectivity index (χ1v) is 6.07. The van der Waals surface area contributed by atoms with Gasteiger partial charge >= 0.3 is 0 Å². The van der Waals surface area contributed by atoms with Gasteiger partial charge in [-0.3, -0.25) is 4.79 Å². The third kappa shape index (κ3) is 2.21. The van der Waals surface area contributed by atoms with Crippen LogP contribution in [0.1, 0.15) is 10.4 Å². The van der Waals surface area contributed by atoms with E-state index in [1.807, 2.05) is 12.1 Å². The molecule has 0 bridgehead atoms. The van der Waals surface area contributed by atoms with Crippen molar-refractivity contribution in [3.63, 3.8) is 0 Å². The van der Waals surface area contributed by atoms with Crippen LogP contribution in [0.15, 0.2) is 48.7 Å². The lowest BCUT2D eigenvalue weighted by molar-refractivity contribution is 0.102. The fraction of sp³-hybridized carbons (Fsp3) is 0. The van der Waals surface area contributed by atoms with Crippen molar-refractivity contribution >= 4 is 28.2 Å². The molecule has 0 aliphatic rings. The minimum Gasteiger partial charge on any atom is -0.397 e. The van der Waals surface area contributed by atoms with E-state index < -0.39 is 5.82 Å². The Bertz CT molecular complexity index is 795. The van der Waals surface area contributed by atoms with Gasteiger partial charge in [-0.2, -0.15) is 0 Å². The Morgan fingerprint density at radius 1 is 1.15 bits per heavy atom. The number of fused-ring (bicyclic) bond motifs is 1. The van der Waals surface area contributed by atoms with Crippen molar-refractivity contribution in [1.82, 2.24) is 4.98 Å². The lowest BCUT2D eigenvalue weighted by atomic mass is 10.1. The molecular weight excluding hydrogens is 257 g/mol. The quantitative estimate of drug-likeness (QED) is 0.625. The van der Waals surface area contributed by atoms with Crippen LogP contribution >= 0.6 is 0 Å². The Balaban J connectivity index is 1.90. The smallest absolute Gasteiger partial charge is 0.255 e. The number of hydrogen-bond donors (Lipinski definition) is 3. The predicted octanol–water partition coefficient (Wildman–Crippen LogP) is 3.14. The lowest BCUT2D eigenvalue weighted by Gasteiger charge is -2.08. The number of hydrogen-bond acceptors (Lipinski definition) is 2. The molecule has 20 heavy (non-hydrogen) atoms. The Morgan fingerprint density at radius 2 is 2.00 bits per heavy atom. The molecule has 0 radical (unpaired) electrons. The van der Waals surface area contributed by atoms with Gasteiger partial charge < -0.3 is 16.0 Å². The highest BCUT2D eigenvalue weighted by Crippen LogP contribution is 2.21. The standard InChI is InChI=1S/C15H12FN3O/c16-11-3-4-12(17)14(8-11)19-15(20)10-2-1-9-5-6-18-13(9)7-10/h1-8,18H,17H2,(H,19,20). The molecule has 100 valence electrons. The maximum absolute atomic E-state index is 13.2. The third-order valence-corrected chi connectivity index (χ3v) is 3.08. The predicted molar refractivity (Wildman–Crippen MR) is 77.1 cm³/mol. The van der Waals surface area contributed by atoms with Crippen LogP contribution in [0.3, 0.4) is 0 Å². The van der Waals surface area contributed by atoms with Crippen LogP contribution in [-0.2, 0) is 0 Å². The third-order valence-electron chi connectivity index (χ3n) is 3.08. The molecule has 5 heteroatoms. The van der Waals surface area contributed by atoms with E-state index in [-0.39, 0.29) is 11.6 Å². The molecule has 0 fully saturated rings. The topological polar surface area (TPSA) is 70.9 Å². The molecule has 4 nitrogen and oxygen atoms in total. The highest BCUT2D eigenvalue weighted by atomic mass is 19.1. The molecule has 0 aliphatic heterocycles. The molecule has 0 atom stereocenters. The molecule has 1 amide bonds. The number of aromatic nitrogens is 1. The van der Waals surface area contributed by atoms with Crippen LogP contribution < -0.4 is 11.1 Å². The number of carbonyl (C=O) groups is 1. The molecule has 2 aromatic carbocycles. The largest absolute Gasteiger partial charge is 0.397 e. The summed E-state index contributed by atoms with van der Waals surface area (Å²) >= 11 is 0. The monoisotopic (exact) mass is 269 g/mol. The van der Waals surface area contributed by atoms with Gasteiger partial charge in [-0.05, 0) is 41.8 Å². The second-order valence-corrected chi connectivity index (χ2v) is 4.47. The molecule has 0 spiro atoms. The van der Waals surface area contributed by atoms with Crippen molar-refractivity contribution < 1.29 is 9.18 Å². The molecule has 4 N–H and O–H groups in total. The normalized spacial score (nSPS) is 10.7. The van der Waals surface area contributed by atoms with Crippen LogP contribution in [0.5, 0.6) is 0 Å². The Hall–Kier alpha value is -2.82. The summed E-state index contributed by atoms with van der Waals surface area (Å²) in [6.45, 7) is 0. The van der Waals surface area contributed by atoms with Crippen LogP contribution in [0.2, 0.25) is 0 Å². The summed E-state index contributed by atoms with van der Waals surface area (Å²) in [6.07, 6.45) is 1.80. The van der Waals surface area contributed by atoms with Crippen LogP contribution in [-0.4, -0.2) is 10.9 Å². The average molecular weight is 269 g/mol. The number of carbonyl (C=O) groups excluding carboxylic acids is 1. The fourth-order valence-electron chi connectivity index (χ4n) is 2.02. The van der Waals surface area contributed by atoms with E-state index >= 15 is 0 Å². The number of aromatic amines is 1. The molecule has 0 aliphatic carbocycles. The van der Waals surface area contributed by atoms with E-state index in [1.54, 1.807) is 18.3 Å². The van der Waals surface area contributed by atoms with Gasteiger partial charge in [0.2, 0.25) is 0 Å². The SMILES string of the molecule is Nc1ccc(F)cc1NC(=O)c1ccc2cc[nH]c2c1. The summed E-state index contributed by atoms with van der Waals surface area (Å²) in [5.74, 6) is -0.784. The van der Waals surface area contributed by atoms with Crippen LogP contribution in [0, 0.1) is 5.82 Å². The van der Waals surface area contributed by atoms with Gasteiger partial charge in [-0.25, -0.2) is 4.39 Å². The van der Waals surface area contributed by atoms with Crippen molar-refractivity contribution in [3.05, 3.63) is 60.0 Å². The highest BCUT2D eigenvalue weighted by Gasteiger charge is 2.09. The minimum atomic E-state index is -0.450. The zero-order valence-corrected chi connectivity index (χ0v) is 10.5. The van der Waals surface area contributed by atoms with Crippen molar-refractivity contribution in [2.75, 3.05) is 11.1 Å². The highest BCUT2D eigenvalue weighted by molar-refractivity contribution is 6.07. The summed E-state index contributed by atoms with van der Waals surface area (Å²) in [4.78, 5) is 15.2. The first kappa shape index (κ1) is 12.2. The van der Waals surface area contributed by atoms with Crippen molar-refractivity contribution in [2.24, 2.45) is 0 Å². The number of nitrogen functional groups attached to an aromatic ring is 1. The fourth-order valence-corrected chi connectivity index (χ4v) is 2.02. The van der Waals surface area contributed by atoms with E-state index in [4.69, 9.17) is 5.73 Å². The number of benzene rings is 2. The summed E-state index contributed by atoms with van der Waals surface area (Å²) < 4.78 is 13.2. The summed E-state index contributed by atoms with van der Waals surface area (Å²) in [7, 11) is 0. The number of nitrogens with two attached hydrogens (primary N) is 1. The zero-order valence-electron chi connectivity index (χ0n) is 10.5. The van der Waals surface area contributed by atoms with E-state index in [0.717, 1.165) is 10.9 Å². The molecule has 0 unspecified atom stereocenters. The summed E-state index contributed by atoms with van der Waals surface area (Å²) in [5.41, 5.74) is 7.63. The Morgan fingerprint density at radius 3 is 2.85 bits per heavy atom. The lowest BCUT2D eigenvalue weighted by Crippen LogP contribution is -2.13. The Kier molecular flexibility index (Phi) is 2.87. The van der Waals surface area contributed by atoms with Crippen molar-refractivity contribution in [2.45, 2.75) is 0 Å². The number of anilines is 2. The molecule has 1 aromatic heterocycles. The summed E-state index contributed by atoms with van der Waals surface area (Å²) in [6, 6.07) is 11.1. The van der Waals surface area contributed by atoms with Gasteiger partial charge in [0.1, 0.15) is 5.82 Å². The molecular formula is C15H12FN3O. The first-order chi connectivity index (χ1) is 9.63. The summed E-state index contributed by atoms with van der Waals surface area (Å²) in [5, 5.41) is 3.63. The van der Waals surface area contributed by atoms with Crippen LogP contribution in [0.4, 0.5) is 15.8 Å². The number of H-pyrrole nitrogens is 1. The van der Waals surface area contributed by atoms with Gasteiger partial charge in [0, 0.05) is 17.3 Å². The van der Waals surface area contributed by atoms with Gasteiger partial charge in [-0.15, -0.1) is 0 Å². The Labute approximate surface area is 114 Å². The van der Waals surface area contributed by atoms with Gasteiger partial charge in [0.15, 0.2) is 0 Å². The van der Waals surface area contributed by atoms with E-state index in [2.05, 4.69) is 10.3 Å². The number of amides is 1. The minimum absolute atomic E-state index is 0.265. The van der Waals surface area contributed by atoms with E-state index in [1.165, 1.54) is 18.2 Å². The average Bonchev–Trinajstić information content (AvgIpc) is 2.90. The van der Waals surface area contributed by atoms with Crippen LogP contribution in [0.25, 0.3) is 10.9 Å². The van der Waals surface area contributed by atoms with Gasteiger partial charge in [0.25, 0.3) is 5.91 Å². The van der Waals surface area contributed by atoms with Crippen molar-refractivity contribution in [1.29, 1.82) is 0 Å². The maximum Gasteiger partial charge on any atom is 0.255 e.